The van der Waals surface area contributed by atoms with Gasteiger partial charge in [0.2, 0.25) is 5.88 Å². The van der Waals surface area contributed by atoms with E-state index in [4.69, 9.17) is 14.2 Å². The largest absolute Gasteiger partial charge is 0.503 e. The van der Waals surface area contributed by atoms with Gasteiger partial charge in [0.25, 0.3) is 0 Å². The zero-order chi connectivity index (χ0) is 16.7. The molecule has 0 unspecified atom stereocenters. The van der Waals surface area contributed by atoms with Crippen LogP contribution in [0.4, 0.5) is 0 Å². The van der Waals surface area contributed by atoms with Crippen LogP contribution in [0.2, 0.25) is 0 Å². The van der Waals surface area contributed by atoms with Crippen LogP contribution in [0.15, 0.2) is 48.9 Å². The lowest BCUT2D eigenvalue weighted by molar-refractivity contribution is -0.133. The van der Waals surface area contributed by atoms with Crippen LogP contribution in [-0.4, -0.2) is 25.2 Å². The highest BCUT2D eigenvalue weighted by atomic mass is 16.5. The van der Waals surface area contributed by atoms with Gasteiger partial charge in [-0.1, -0.05) is 30.3 Å². The quantitative estimate of drug-likeness (QED) is 0.466. The lowest BCUT2D eigenvalue weighted by Crippen LogP contribution is -2.08. The molecule has 23 heavy (non-hydrogen) atoms. The van der Waals surface area contributed by atoms with Crippen LogP contribution in [-0.2, 0) is 20.9 Å². The summed E-state index contributed by atoms with van der Waals surface area (Å²) in [6, 6.07) is 11.2. The molecular weight excluding hydrogens is 294 g/mol. The van der Waals surface area contributed by atoms with Gasteiger partial charge in [0, 0.05) is 11.8 Å². The van der Waals surface area contributed by atoms with E-state index in [0.29, 0.717) is 17.0 Å². The van der Waals surface area contributed by atoms with Crippen LogP contribution in [0.5, 0.6) is 5.88 Å². The van der Waals surface area contributed by atoms with E-state index in [-0.39, 0.29) is 6.61 Å². The van der Waals surface area contributed by atoms with Gasteiger partial charge in [-0.05, 0) is 24.1 Å². The van der Waals surface area contributed by atoms with E-state index >= 15 is 0 Å². The first-order chi connectivity index (χ1) is 11.2. The van der Waals surface area contributed by atoms with E-state index in [2.05, 4.69) is 4.98 Å². The second-order valence-corrected chi connectivity index (χ2v) is 4.83. The van der Waals surface area contributed by atoms with Crippen LogP contribution in [0.3, 0.4) is 0 Å². The SMILES string of the molecule is COC=C(C(=O)OC)c1ccccc1COc1ncccc1C. The summed E-state index contributed by atoms with van der Waals surface area (Å²) in [4.78, 5) is 16.2. The summed E-state index contributed by atoms with van der Waals surface area (Å²) in [5.41, 5.74) is 2.83. The highest BCUT2D eigenvalue weighted by molar-refractivity contribution is 6.16. The van der Waals surface area contributed by atoms with E-state index < -0.39 is 5.97 Å². The highest BCUT2D eigenvalue weighted by Crippen LogP contribution is 2.23. The number of aryl methyl sites for hydroxylation is 1. The summed E-state index contributed by atoms with van der Waals surface area (Å²) in [5, 5.41) is 0. The summed E-state index contributed by atoms with van der Waals surface area (Å²) in [6.45, 7) is 2.21. The number of carbonyl (C=O) groups excluding carboxylic acids is 1. The molecule has 0 N–H and O–H groups in total. The molecule has 0 aliphatic heterocycles. The van der Waals surface area contributed by atoms with Crippen molar-refractivity contribution in [3.05, 3.63) is 65.5 Å². The van der Waals surface area contributed by atoms with E-state index in [1.54, 1.807) is 6.20 Å². The summed E-state index contributed by atoms with van der Waals surface area (Å²) < 4.78 is 15.6. The molecule has 0 aliphatic carbocycles. The predicted octanol–water partition coefficient (Wildman–Crippen LogP) is 3.13. The number of hydrogen-bond acceptors (Lipinski definition) is 5. The third kappa shape index (κ3) is 4.10. The lowest BCUT2D eigenvalue weighted by Gasteiger charge is -2.13. The van der Waals surface area contributed by atoms with Crippen molar-refractivity contribution in [1.82, 2.24) is 4.98 Å². The van der Waals surface area contributed by atoms with Gasteiger partial charge in [-0.3, -0.25) is 0 Å². The third-order valence-electron chi connectivity index (χ3n) is 3.27. The Hall–Kier alpha value is -2.82. The van der Waals surface area contributed by atoms with Crippen LogP contribution in [0.1, 0.15) is 16.7 Å². The molecule has 0 aliphatic rings. The average molecular weight is 313 g/mol. The molecule has 1 aromatic carbocycles. The molecule has 0 amide bonds. The van der Waals surface area contributed by atoms with Gasteiger partial charge >= 0.3 is 5.97 Å². The van der Waals surface area contributed by atoms with Gasteiger partial charge in [0.05, 0.1) is 20.5 Å². The van der Waals surface area contributed by atoms with Crippen molar-refractivity contribution in [2.24, 2.45) is 0 Å². The molecule has 120 valence electrons. The Morgan fingerprint density at radius 1 is 1.17 bits per heavy atom. The number of methoxy groups -OCH3 is 2. The molecule has 1 heterocycles. The van der Waals surface area contributed by atoms with Gasteiger partial charge in [-0.25, -0.2) is 9.78 Å². The zero-order valence-electron chi connectivity index (χ0n) is 13.4. The second-order valence-electron chi connectivity index (χ2n) is 4.83. The first-order valence-electron chi connectivity index (χ1n) is 7.11. The number of carbonyl (C=O) groups is 1. The first kappa shape index (κ1) is 16.5. The number of hydrogen-bond donors (Lipinski definition) is 0. The fourth-order valence-electron chi connectivity index (χ4n) is 2.13. The van der Waals surface area contributed by atoms with Crippen LogP contribution >= 0.6 is 0 Å². The van der Waals surface area contributed by atoms with Crippen molar-refractivity contribution >= 4 is 11.5 Å². The number of esters is 1. The van der Waals surface area contributed by atoms with Gasteiger partial charge in [-0.15, -0.1) is 0 Å². The molecule has 5 heteroatoms. The molecule has 0 spiro atoms. The third-order valence-corrected chi connectivity index (χ3v) is 3.27. The Balaban J connectivity index is 2.28. The second kappa shape index (κ2) is 7.98. The number of rotatable bonds is 6. The molecule has 2 rings (SSSR count). The summed E-state index contributed by atoms with van der Waals surface area (Å²) in [7, 11) is 2.82. The lowest BCUT2D eigenvalue weighted by atomic mass is 10.0. The van der Waals surface area contributed by atoms with Gasteiger partial charge in [-0.2, -0.15) is 0 Å². The molecule has 5 nitrogen and oxygen atoms in total. The van der Waals surface area contributed by atoms with Crippen LogP contribution in [0, 0.1) is 6.92 Å². The molecule has 2 aromatic rings. The van der Waals surface area contributed by atoms with Crippen LogP contribution in [0.25, 0.3) is 5.57 Å². The Kier molecular flexibility index (Phi) is 5.74. The van der Waals surface area contributed by atoms with E-state index in [1.165, 1.54) is 20.5 Å². The average Bonchev–Trinajstić information content (AvgIpc) is 2.59. The summed E-state index contributed by atoms with van der Waals surface area (Å²) in [5.74, 6) is 0.103. The fraction of sp³-hybridized carbons (Fsp3) is 0.222. The van der Waals surface area contributed by atoms with Crippen molar-refractivity contribution in [3.8, 4) is 5.88 Å². The molecule has 0 bridgehead atoms. The van der Waals surface area contributed by atoms with Crippen molar-refractivity contribution in [1.29, 1.82) is 0 Å². The monoisotopic (exact) mass is 313 g/mol. The van der Waals surface area contributed by atoms with Gasteiger partial charge < -0.3 is 14.2 Å². The summed E-state index contributed by atoms with van der Waals surface area (Å²) >= 11 is 0. The van der Waals surface area contributed by atoms with Crippen LogP contribution < -0.4 is 4.74 Å². The molecule has 0 atom stereocenters. The van der Waals surface area contributed by atoms with E-state index in [1.807, 2.05) is 43.3 Å². The number of benzene rings is 1. The molecule has 0 saturated heterocycles. The van der Waals surface area contributed by atoms with E-state index in [0.717, 1.165) is 11.1 Å². The molecule has 0 saturated carbocycles. The Bertz CT molecular complexity index is 710. The highest BCUT2D eigenvalue weighted by Gasteiger charge is 2.17. The predicted molar refractivity (Wildman–Crippen MR) is 86.8 cm³/mol. The Morgan fingerprint density at radius 2 is 1.96 bits per heavy atom. The number of ether oxygens (including phenoxy) is 3. The fourth-order valence-corrected chi connectivity index (χ4v) is 2.13. The smallest absolute Gasteiger partial charge is 0.341 e. The van der Waals surface area contributed by atoms with Crippen molar-refractivity contribution in [2.45, 2.75) is 13.5 Å². The maximum atomic E-state index is 12.0. The maximum Gasteiger partial charge on any atom is 0.341 e. The van der Waals surface area contributed by atoms with Crippen molar-refractivity contribution < 1.29 is 19.0 Å². The zero-order valence-corrected chi connectivity index (χ0v) is 13.4. The minimum Gasteiger partial charge on any atom is -0.503 e. The van der Waals surface area contributed by atoms with Gasteiger partial charge in [0.15, 0.2) is 0 Å². The Labute approximate surface area is 135 Å². The number of aromatic nitrogens is 1. The molecule has 0 radical (unpaired) electrons. The number of nitrogens with zero attached hydrogens (tertiary/aromatic N) is 1. The topological polar surface area (TPSA) is 57.7 Å². The standard InChI is InChI=1S/C18H19NO4/c1-13-7-6-10-19-17(13)23-11-14-8-4-5-9-15(14)16(12-21-2)18(20)22-3/h4-10,12H,11H2,1-3H3. The maximum absolute atomic E-state index is 12.0. The minimum atomic E-state index is -0.465. The minimum absolute atomic E-state index is 0.284. The normalized spacial score (nSPS) is 11.0. The van der Waals surface area contributed by atoms with Gasteiger partial charge in [0.1, 0.15) is 12.2 Å². The van der Waals surface area contributed by atoms with E-state index in [9.17, 15) is 4.79 Å². The van der Waals surface area contributed by atoms with Crippen molar-refractivity contribution in [3.63, 3.8) is 0 Å². The molecular formula is C18H19NO4. The molecule has 0 fully saturated rings. The number of pyridine rings is 1. The Morgan fingerprint density at radius 3 is 2.65 bits per heavy atom. The summed E-state index contributed by atoms with van der Waals surface area (Å²) in [6.07, 6.45) is 3.05. The molecule has 1 aromatic heterocycles. The van der Waals surface area contributed by atoms with Crippen molar-refractivity contribution in [2.75, 3.05) is 14.2 Å². The first-order valence-corrected chi connectivity index (χ1v) is 7.11.